The molecule has 0 saturated carbocycles. The Hall–Kier alpha value is -2.76. The predicted molar refractivity (Wildman–Crippen MR) is 141 cm³/mol. The smallest absolute Gasteiger partial charge is 0.410 e. The fraction of sp³-hybridized carbons (Fsp3) is 0.407. The zero-order chi connectivity index (χ0) is 26.3. The number of amides is 1. The van der Waals surface area contributed by atoms with Crippen LogP contribution < -0.4 is 5.32 Å². The van der Waals surface area contributed by atoms with E-state index in [4.69, 9.17) is 27.9 Å². The Labute approximate surface area is 221 Å². The Morgan fingerprint density at radius 2 is 1.89 bits per heavy atom. The summed E-state index contributed by atoms with van der Waals surface area (Å²) in [5, 5.41) is 26.0. The third-order valence-electron chi connectivity index (χ3n) is 6.66. The molecule has 36 heavy (non-hydrogen) atoms. The first-order chi connectivity index (χ1) is 16.9. The van der Waals surface area contributed by atoms with Gasteiger partial charge in [0.15, 0.2) is 0 Å². The summed E-state index contributed by atoms with van der Waals surface area (Å²) in [5.74, 6) is 0. The molecule has 0 bridgehead atoms. The first-order valence-electron chi connectivity index (χ1n) is 11.8. The van der Waals surface area contributed by atoms with Gasteiger partial charge in [0.25, 0.3) is 0 Å². The maximum atomic E-state index is 12.7. The van der Waals surface area contributed by atoms with Crippen molar-refractivity contribution in [2.45, 2.75) is 51.0 Å². The Morgan fingerprint density at radius 1 is 1.19 bits per heavy atom. The second-order valence-corrected chi connectivity index (χ2v) is 11.0. The predicted octanol–water partition coefficient (Wildman–Crippen LogP) is 5.86. The highest BCUT2D eigenvalue weighted by atomic mass is 35.5. The molecule has 7 nitrogen and oxygen atoms in total. The third-order valence-corrected chi connectivity index (χ3v) is 7.48. The van der Waals surface area contributed by atoms with Gasteiger partial charge in [0.2, 0.25) is 0 Å². The third kappa shape index (κ3) is 5.18. The van der Waals surface area contributed by atoms with Crippen LogP contribution in [0, 0.1) is 11.3 Å². The molecule has 1 fully saturated rings. The van der Waals surface area contributed by atoms with Gasteiger partial charge in [-0.15, -0.1) is 0 Å². The number of rotatable bonds is 4. The van der Waals surface area contributed by atoms with Crippen LogP contribution in [0.3, 0.4) is 0 Å². The van der Waals surface area contributed by atoms with E-state index in [1.807, 2.05) is 62.7 Å². The van der Waals surface area contributed by atoms with Crippen molar-refractivity contribution in [3.8, 4) is 6.07 Å². The van der Waals surface area contributed by atoms with E-state index in [1.165, 1.54) is 0 Å². The Bertz CT molecular complexity index is 1330. The minimum Gasteiger partial charge on any atom is -0.444 e. The summed E-state index contributed by atoms with van der Waals surface area (Å²) < 4.78 is 7.44. The number of aromatic nitrogens is 1. The quantitative estimate of drug-likeness (QED) is 0.413. The molecule has 2 heterocycles. The molecule has 1 amide bonds. The van der Waals surface area contributed by atoms with Crippen LogP contribution in [0.15, 0.2) is 42.5 Å². The van der Waals surface area contributed by atoms with Crippen LogP contribution in [0.2, 0.25) is 10.0 Å². The van der Waals surface area contributed by atoms with Crippen LogP contribution in [0.25, 0.3) is 10.9 Å². The van der Waals surface area contributed by atoms with E-state index < -0.39 is 17.4 Å². The van der Waals surface area contributed by atoms with Crippen LogP contribution in [0.1, 0.15) is 56.7 Å². The molecular weight excluding hydrogens is 499 g/mol. The maximum absolute atomic E-state index is 12.7. The van der Waals surface area contributed by atoms with E-state index in [0.29, 0.717) is 47.2 Å². The van der Waals surface area contributed by atoms with Crippen LogP contribution in [-0.2, 0) is 17.3 Å². The normalized spacial score (nSPS) is 16.6. The molecule has 1 aromatic heterocycles. The van der Waals surface area contributed by atoms with Gasteiger partial charge >= 0.3 is 6.09 Å². The van der Waals surface area contributed by atoms with Crippen molar-refractivity contribution in [3.63, 3.8) is 0 Å². The van der Waals surface area contributed by atoms with E-state index in [-0.39, 0.29) is 6.09 Å². The molecule has 0 radical (unpaired) electrons. The molecule has 2 N–H and O–H groups in total. The lowest BCUT2D eigenvalue weighted by Crippen LogP contribution is -2.54. The number of nitrogens with one attached hydrogen (secondary N) is 1. The Kier molecular flexibility index (Phi) is 7.27. The molecule has 0 spiro atoms. The fourth-order valence-electron chi connectivity index (χ4n) is 4.77. The first-order valence-corrected chi connectivity index (χ1v) is 12.6. The van der Waals surface area contributed by atoms with E-state index in [2.05, 4.69) is 11.4 Å². The summed E-state index contributed by atoms with van der Waals surface area (Å²) in [6, 6.07) is 15.0. The monoisotopic (exact) mass is 528 g/mol. The largest absolute Gasteiger partial charge is 0.444 e. The minimum absolute atomic E-state index is 0.359. The van der Waals surface area contributed by atoms with Gasteiger partial charge in [-0.25, -0.2) is 4.79 Å². The highest BCUT2D eigenvalue weighted by Crippen LogP contribution is 2.38. The zero-order valence-electron chi connectivity index (χ0n) is 20.8. The standard InChI is InChI=1S/C27H30Cl2N4O3/c1-26(2,3)36-25(35)33-12-10-27(11-13-33,18-7-5-6-17(14-18)16-30)31-24(34)22-15-19-21(32(22)4)9-8-20(28)23(19)29/h5-9,14-15,24,31,34H,10-13H2,1-4H3. The summed E-state index contributed by atoms with van der Waals surface area (Å²) in [6.45, 7) is 6.39. The second kappa shape index (κ2) is 9.95. The number of carbonyl (C=O) groups is 1. The van der Waals surface area contributed by atoms with Crippen molar-refractivity contribution in [3.05, 3.63) is 69.3 Å². The molecule has 190 valence electrons. The number of fused-ring (bicyclic) bond motifs is 1. The summed E-state index contributed by atoms with van der Waals surface area (Å²) in [6.07, 6.45) is -0.359. The molecule has 1 aliphatic heterocycles. The molecule has 2 aromatic carbocycles. The zero-order valence-corrected chi connectivity index (χ0v) is 22.3. The van der Waals surface area contributed by atoms with Crippen molar-refractivity contribution < 1.29 is 14.6 Å². The fourth-order valence-corrected chi connectivity index (χ4v) is 5.15. The van der Waals surface area contributed by atoms with Gasteiger partial charge in [-0.1, -0.05) is 35.3 Å². The van der Waals surface area contributed by atoms with Crippen LogP contribution in [-0.4, -0.2) is 39.4 Å². The van der Waals surface area contributed by atoms with Gasteiger partial charge in [0, 0.05) is 36.6 Å². The number of nitrogens with zero attached hydrogens (tertiary/aromatic N) is 3. The van der Waals surface area contributed by atoms with Crippen molar-refractivity contribution in [1.29, 1.82) is 5.26 Å². The van der Waals surface area contributed by atoms with Gasteiger partial charge in [0.05, 0.1) is 27.4 Å². The first kappa shape index (κ1) is 26.3. The number of hydrogen-bond acceptors (Lipinski definition) is 5. The Balaban J connectivity index is 1.66. The van der Waals surface area contributed by atoms with Crippen molar-refractivity contribution >= 4 is 40.2 Å². The van der Waals surface area contributed by atoms with E-state index in [9.17, 15) is 15.2 Å². The number of ether oxygens (including phenoxy) is 1. The SMILES string of the molecule is Cn1c(C(O)NC2(c3cccc(C#N)c3)CCN(C(=O)OC(C)(C)C)CC2)cc2c(Cl)c(Cl)ccc21. The van der Waals surface area contributed by atoms with E-state index >= 15 is 0 Å². The number of hydrogen-bond donors (Lipinski definition) is 2. The molecule has 9 heteroatoms. The molecule has 4 rings (SSSR count). The number of aryl methyl sites for hydroxylation is 1. The van der Waals surface area contributed by atoms with Gasteiger partial charge in [-0.3, -0.25) is 5.32 Å². The number of nitriles is 1. The highest BCUT2D eigenvalue weighted by molar-refractivity contribution is 6.45. The number of piperidine rings is 1. The topological polar surface area (TPSA) is 90.5 Å². The lowest BCUT2D eigenvalue weighted by Gasteiger charge is -2.44. The maximum Gasteiger partial charge on any atom is 0.410 e. The highest BCUT2D eigenvalue weighted by Gasteiger charge is 2.40. The van der Waals surface area contributed by atoms with Crippen LogP contribution in [0.5, 0.6) is 0 Å². The molecule has 3 aromatic rings. The lowest BCUT2D eigenvalue weighted by molar-refractivity contribution is 0.00575. The number of likely N-dealkylation sites (tertiary alicyclic amines) is 1. The average Bonchev–Trinajstić information content (AvgIpc) is 3.18. The molecule has 1 aliphatic rings. The minimum atomic E-state index is -1.05. The summed E-state index contributed by atoms with van der Waals surface area (Å²) >= 11 is 12.6. The van der Waals surface area contributed by atoms with Gasteiger partial charge < -0.3 is 19.3 Å². The molecule has 1 unspecified atom stereocenters. The molecule has 1 atom stereocenters. The van der Waals surface area contributed by atoms with E-state index in [1.54, 1.807) is 17.0 Å². The van der Waals surface area contributed by atoms with Crippen LogP contribution >= 0.6 is 23.2 Å². The van der Waals surface area contributed by atoms with Gasteiger partial charge in [0.1, 0.15) is 11.8 Å². The average molecular weight is 529 g/mol. The van der Waals surface area contributed by atoms with Crippen LogP contribution in [0.4, 0.5) is 4.79 Å². The molecule has 0 aliphatic carbocycles. The second-order valence-electron chi connectivity index (χ2n) is 10.2. The molecular formula is C27H30Cl2N4O3. The number of carbonyl (C=O) groups excluding carboxylic acids is 1. The van der Waals surface area contributed by atoms with Crippen molar-refractivity contribution in [1.82, 2.24) is 14.8 Å². The number of halogens is 2. The van der Waals surface area contributed by atoms with Crippen molar-refractivity contribution in [2.24, 2.45) is 7.05 Å². The summed E-state index contributed by atoms with van der Waals surface area (Å²) in [4.78, 5) is 14.4. The number of benzene rings is 2. The number of aliphatic hydroxyl groups excluding tert-OH is 1. The number of aliphatic hydroxyl groups is 1. The Morgan fingerprint density at radius 3 is 2.53 bits per heavy atom. The van der Waals surface area contributed by atoms with E-state index in [0.717, 1.165) is 16.5 Å². The summed E-state index contributed by atoms with van der Waals surface area (Å²) in [7, 11) is 1.86. The van der Waals surface area contributed by atoms with Gasteiger partial charge in [-0.05, 0) is 69.5 Å². The lowest BCUT2D eigenvalue weighted by atomic mass is 9.80. The van der Waals surface area contributed by atoms with Gasteiger partial charge in [-0.2, -0.15) is 5.26 Å². The molecule has 1 saturated heterocycles. The van der Waals surface area contributed by atoms with Crippen molar-refractivity contribution in [2.75, 3.05) is 13.1 Å². The summed E-state index contributed by atoms with van der Waals surface area (Å²) in [5.41, 5.74) is 1.62.